The first-order chi connectivity index (χ1) is 9.88. The molecule has 0 radical (unpaired) electrons. The van der Waals surface area contributed by atoms with Crippen molar-refractivity contribution in [3.8, 4) is 0 Å². The second-order valence-corrected chi connectivity index (χ2v) is 7.49. The van der Waals surface area contributed by atoms with Gasteiger partial charge in [-0.05, 0) is 26.0 Å². The van der Waals surface area contributed by atoms with Crippen LogP contribution in [0.3, 0.4) is 0 Å². The van der Waals surface area contributed by atoms with E-state index in [0.717, 1.165) is 6.54 Å². The molecule has 0 spiro atoms. The number of para-hydroxylation sites is 1. The molecular formula is C14H19N3O3S. The van der Waals surface area contributed by atoms with Crippen LogP contribution in [-0.2, 0) is 14.8 Å². The summed E-state index contributed by atoms with van der Waals surface area (Å²) in [6.45, 7) is 6.67. The topological polar surface area (TPSA) is 71.0 Å². The minimum absolute atomic E-state index is 0.136. The first-order valence-corrected chi connectivity index (χ1v) is 8.35. The molecule has 3 rings (SSSR count). The summed E-state index contributed by atoms with van der Waals surface area (Å²) in [4.78, 5) is 2.42. The maximum absolute atomic E-state index is 12.2. The zero-order chi connectivity index (χ0) is 15.1. The molecule has 2 aliphatic heterocycles. The smallest absolute Gasteiger partial charge is 0.286 e. The highest BCUT2D eigenvalue weighted by Crippen LogP contribution is 2.27. The normalized spacial score (nSPS) is 23.8. The van der Waals surface area contributed by atoms with Gasteiger partial charge in [-0.2, -0.15) is 8.42 Å². The van der Waals surface area contributed by atoms with E-state index in [-0.39, 0.29) is 10.4 Å². The molecule has 21 heavy (non-hydrogen) atoms. The summed E-state index contributed by atoms with van der Waals surface area (Å²) in [7, 11) is -3.61. The predicted molar refractivity (Wildman–Crippen MR) is 81.2 cm³/mol. The third-order valence-corrected chi connectivity index (χ3v) is 5.20. The Kier molecular flexibility index (Phi) is 3.51. The fraction of sp³-hybridized carbons (Fsp3) is 0.500. The number of morpholine rings is 1. The number of hydrogen-bond donors (Lipinski definition) is 1. The second kappa shape index (κ2) is 5.08. The summed E-state index contributed by atoms with van der Waals surface area (Å²) < 4.78 is 33.8. The number of hydrogen-bond acceptors (Lipinski definition) is 5. The third-order valence-electron chi connectivity index (χ3n) is 3.83. The second-order valence-electron chi connectivity index (χ2n) is 5.92. The van der Waals surface area contributed by atoms with Crippen molar-refractivity contribution in [2.24, 2.45) is 4.40 Å². The number of ether oxygens (including phenoxy) is 1. The summed E-state index contributed by atoms with van der Waals surface area (Å²) in [5.74, 6) is 0.462. The van der Waals surface area contributed by atoms with Crippen LogP contribution < -0.4 is 5.32 Å². The van der Waals surface area contributed by atoms with Crippen LogP contribution in [0.2, 0.25) is 0 Å². The summed E-state index contributed by atoms with van der Waals surface area (Å²) in [5, 5.41) is 3.13. The Morgan fingerprint density at radius 2 is 2.14 bits per heavy atom. The molecule has 2 heterocycles. The van der Waals surface area contributed by atoms with E-state index in [0.29, 0.717) is 31.3 Å². The van der Waals surface area contributed by atoms with E-state index in [4.69, 9.17) is 4.74 Å². The van der Waals surface area contributed by atoms with Crippen LogP contribution in [0.25, 0.3) is 0 Å². The number of nitrogens with one attached hydrogen (secondary N) is 1. The molecule has 0 aliphatic carbocycles. The Morgan fingerprint density at radius 1 is 1.38 bits per heavy atom. The van der Waals surface area contributed by atoms with E-state index < -0.39 is 10.0 Å². The van der Waals surface area contributed by atoms with Crippen LogP contribution in [0, 0.1) is 0 Å². The Labute approximate surface area is 124 Å². The molecule has 0 amide bonds. The highest BCUT2D eigenvalue weighted by Gasteiger charge is 2.33. The van der Waals surface area contributed by atoms with Gasteiger partial charge in [0.15, 0.2) is 0 Å². The van der Waals surface area contributed by atoms with Crippen molar-refractivity contribution in [1.29, 1.82) is 0 Å². The van der Waals surface area contributed by atoms with Gasteiger partial charge in [-0.3, -0.25) is 4.90 Å². The van der Waals surface area contributed by atoms with Crippen LogP contribution in [0.4, 0.5) is 5.69 Å². The molecule has 7 heteroatoms. The average Bonchev–Trinajstić information content (AvgIpc) is 2.40. The largest absolute Gasteiger partial charge is 0.378 e. The molecule has 1 N–H and O–H groups in total. The molecule has 1 fully saturated rings. The van der Waals surface area contributed by atoms with E-state index in [1.165, 1.54) is 0 Å². The first kappa shape index (κ1) is 14.5. The summed E-state index contributed by atoms with van der Waals surface area (Å²) >= 11 is 0. The molecule has 0 bridgehead atoms. The number of amidine groups is 1. The SMILES string of the molecule is CC1(C)COCCN1CC1=NS(=O)(=O)c2ccccc2N1. The van der Waals surface area contributed by atoms with Crippen LogP contribution in [0.1, 0.15) is 13.8 Å². The van der Waals surface area contributed by atoms with Gasteiger partial charge < -0.3 is 10.1 Å². The fourth-order valence-corrected chi connectivity index (χ4v) is 3.74. The Bertz CT molecular complexity index is 682. The minimum atomic E-state index is -3.61. The lowest BCUT2D eigenvalue weighted by Gasteiger charge is -2.42. The minimum Gasteiger partial charge on any atom is -0.378 e. The lowest BCUT2D eigenvalue weighted by atomic mass is 10.0. The zero-order valence-corrected chi connectivity index (χ0v) is 13.0. The average molecular weight is 309 g/mol. The summed E-state index contributed by atoms with van der Waals surface area (Å²) in [5.41, 5.74) is 0.456. The van der Waals surface area contributed by atoms with Crippen molar-refractivity contribution in [2.45, 2.75) is 24.3 Å². The van der Waals surface area contributed by atoms with Crippen LogP contribution >= 0.6 is 0 Å². The maximum Gasteiger partial charge on any atom is 0.286 e. The predicted octanol–water partition coefficient (Wildman–Crippen LogP) is 1.31. The van der Waals surface area contributed by atoms with Crippen LogP contribution in [0.5, 0.6) is 0 Å². The Morgan fingerprint density at radius 3 is 2.90 bits per heavy atom. The molecule has 1 aromatic carbocycles. The maximum atomic E-state index is 12.2. The number of sulfonamides is 1. The number of fused-ring (bicyclic) bond motifs is 1. The van der Waals surface area contributed by atoms with Gasteiger partial charge in [0.25, 0.3) is 10.0 Å². The molecule has 2 aliphatic rings. The number of benzene rings is 1. The third kappa shape index (κ3) is 2.81. The van der Waals surface area contributed by atoms with E-state index in [1.54, 1.807) is 18.2 Å². The van der Waals surface area contributed by atoms with Crippen molar-refractivity contribution >= 4 is 21.5 Å². The van der Waals surface area contributed by atoms with Crippen molar-refractivity contribution in [3.63, 3.8) is 0 Å². The highest BCUT2D eigenvalue weighted by molar-refractivity contribution is 7.90. The van der Waals surface area contributed by atoms with Crippen molar-refractivity contribution in [3.05, 3.63) is 24.3 Å². The molecule has 6 nitrogen and oxygen atoms in total. The fourth-order valence-electron chi connectivity index (χ4n) is 2.60. The van der Waals surface area contributed by atoms with Crippen LogP contribution in [-0.4, -0.2) is 51.0 Å². The van der Waals surface area contributed by atoms with E-state index >= 15 is 0 Å². The molecule has 0 atom stereocenters. The van der Waals surface area contributed by atoms with Gasteiger partial charge in [-0.25, -0.2) is 0 Å². The standard InChI is InChI=1S/C14H19N3O3S/c1-14(2)10-20-8-7-17(14)9-13-15-11-5-3-4-6-12(11)21(18,19)16-13/h3-6H,7-10H2,1-2H3,(H,15,16). The Hall–Kier alpha value is -1.44. The number of anilines is 1. The Balaban J connectivity index is 1.87. The van der Waals surface area contributed by atoms with Crippen molar-refractivity contribution in [1.82, 2.24) is 4.90 Å². The summed E-state index contributed by atoms with van der Waals surface area (Å²) in [6, 6.07) is 6.83. The van der Waals surface area contributed by atoms with E-state index in [2.05, 4.69) is 28.5 Å². The van der Waals surface area contributed by atoms with Gasteiger partial charge >= 0.3 is 0 Å². The van der Waals surface area contributed by atoms with Gasteiger partial charge in [-0.15, -0.1) is 4.40 Å². The van der Waals surface area contributed by atoms with Crippen molar-refractivity contribution < 1.29 is 13.2 Å². The molecule has 114 valence electrons. The monoisotopic (exact) mass is 309 g/mol. The molecule has 1 saturated heterocycles. The van der Waals surface area contributed by atoms with Crippen molar-refractivity contribution in [2.75, 3.05) is 31.6 Å². The number of rotatable bonds is 2. The quantitative estimate of drug-likeness (QED) is 0.892. The molecule has 0 saturated carbocycles. The lowest BCUT2D eigenvalue weighted by molar-refractivity contribution is -0.0429. The summed E-state index contributed by atoms with van der Waals surface area (Å²) in [6.07, 6.45) is 0. The van der Waals surface area contributed by atoms with Gasteiger partial charge in [-0.1, -0.05) is 12.1 Å². The first-order valence-electron chi connectivity index (χ1n) is 6.91. The van der Waals surface area contributed by atoms with Gasteiger partial charge in [0, 0.05) is 12.1 Å². The van der Waals surface area contributed by atoms with Gasteiger partial charge in [0.2, 0.25) is 0 Å². The molecule has 1 aromatic rings. The van der Waals surface area contributed by atoms with Crippen LogP contribution in [0.15, 0.2) is 33.6 Å². The number of nitrogens with zero attached hydrogens (tertiary/aromatic N) is 2. The molecular weight excluding hydrogens is 290 g/mol. The molecule has 0 aromatic heterocycles. The molecule has 0 unspecified atom stereocenters. The highest BCUT2D eigenvalue weighted by atomic mass is 32.2. The zero-order valence-electron chi connectivity index (χ0n) is 12.2. The van der Waals surface area contributed by atoms with E-state index in [1.807, 2.05) is 6.07 Å². The lowest BCUT2D eigenvalue weighted by Crippen LogP contribution is -2.55. The van der Waals surface area contributed by atoms with Gasteiger partial charge in [0.1, 0.15) is 10.7 Å². The van der Waals surface area contributed by atoms with E-state index in [9.17, 15) is 8.42 Å². The van der Waals surface area contributed by atoms with Gasteiger partial charge in [0.05, 0.1) is 25.4 Å².